The van der Waals surface area contributed by atoms with Crippen LogP contribution < -0.4 is 4.74 Å². The maximum Gasteiger partial charge on any atom is 0.120 e. The molecule has 2 nitrogen and oxygen atoms in total. The van der Waals surface area contributed by atoms with Gasteiger partial charge in [0, 0.05) is 5.92 Å². The van der Waals surface area contributed by atoms with Crippen molar-refractivity contribution in [2.45, 2.75) is 32.3 Å². The summed E-state index contributed by atoms with van der Waals surface area (Å²) in [4.78, 5) is 0. The molecule has 0 heterocycles. The molecule has 0 fully saturated rings. The maximum atomic E-state index is 8.82. The highest BCUT2D eigenvalue weighted by Crippen LogP contribution is 2.32. The predicted octanol–water partition coefficient (Wildman–Crippen LogP) is 5.82. The summed E-state index contributed by atoms with van der Waals surface area (Å²) in [6.45, 7) is 10.1. The average Bonchev–Trinajstić information content (AvgIpc) is 2.55. The first-order valence-electron chi connectivity index (χ1n) is 7.78. The van der Waals surface area contributed by atoms with Gasteiger partial charge in [-0.1, -0.05) is 56.0 Å². The lowest BCUT2D eigenvalue weighted by atomic mass is 9.85. The molecule has 0 aliphatic carbocycles. The van der Waals surface area contributed by atoms with Crippen LogP contribution in [0.15, 0.2) is 61.4 Å². The summed E-state index contributed by atoms with van der Waals surface area (Å²) in [6, 6.07) is 16.1. The van der Waals surface area contributed by atoms with Crippen LogP contribution in [0.25, 0.3) is 12.2 Å². The van der Waals surface area contributed by atoms with Gasteiger partial charge in [-0.25, -0.2) is 0 Å². The Morgan fingerprint density at radius 3 is 2.09 bits per heavy atom. The molecule has 1 unspecified atom stereocenters. The van der Waals surface area contributed by atoms with E-state index in [1.807, 2.05) is 42.5 Å². The highest BCUT2D eigenvalue weighted by molar-refractivity contribution is 5.49. The average molecular weight is 308 g/mol. The van der Waals surface area contributed by atoms with E-state index in [2.05, 4.69) is 39.5 Å². The second kappa shape index (κ2) is 7.19. The molecule has 23 heavy (non-hydrogen) atoms. The van der Waals surface area contributed by atoms with Crippen molar-refractivity contribution < 1.29 is 9.84 Å². The highest BCUT2D eigenvalue weighted by atomic mass is 16.5. The molecule has 2 aromatic rings. The van der Waals surface area contributed by atoms with Crippen LogP contribution in [-0.2, 0) is 0 Å². The Hall–Kier alpha value is -2.48. The summed E-state index contributed by atoms with van der Waals surface area (Å²) in [7, 11) is 0. The van der Waals surface area contributed by atoms with Crippen LogP contribution in [0.1, 0.15) is 43.4 Å². The van der Waals surface area contributed by atoms with Gasteiger partial charge in [-0.3, -0.25) is 0 Å². The Kier molecular flexibility index (Phi) is 5.28. The number of rotatable bonds is 6. The molecule has 2 aromatic carbocycles. The third kappa shape index (κ3) is 4.26. The number of benzene rings is 2. The van der Waals surface area contributed by atoms with E-state index in [9.17, 15) is 0 Å². The molecule has 0 saturated carbocycles. The zero-order valence-corrected chi connectivity index (χ0v) is 14.0. The normalized spacial score (nSPS) is 13.0. The molecular weight excluding hydrogens is 284 g/mol. The van der Waals surface area contributed by atoms with Crippen molar-refractivity contribution in [1.29, 1.82) is 0 Å². The molecule has 0 bridgehead atoms. The van der Waals surface area contributed by atoms with E-state index in [1.165, 1.54) is 5.56 Å². The number of ether oxygens (including phenoxy) is 1. The van der Waals surface area contributed by atoms with E-state index < -0.39 is 0 Å². The molecule has 0 aliphatic heterocycles. The topological polar surface area (TPSA) is 29.5 Å². The SMILES string of the molecule is C=Cc1ccc(OC(C)(C)C(C)c2ccc(C=CO)cc2)cc1. The van der Waals surface area contributed by atoms with Crippen molar-refractivity contribution in [3.8, 4) is 5.75 Å². The molecular formula is C21H24O2. The lowest BCUT2D eigenvalue weighted by Crippen LogP contribution is -2.34. The number of aliphatic hydroxyl groups is 1. The van der Waals surface area contributed by atoms with Gasteiger partial charge in [0.25, 0.3) is 0 Å². The van der Waals surface area contributed by atoms with E-state index >= 15 is 0 Å². The Balaban J connectivity index is 2.14. The zero-order valence-electron chi connectivity index (χ0n) is 14.0. The third-order valence-electron chi connectivity index (χ3n) is 4.24. The fraction of sp³-hybridized carbons (Fsp3) is 0.238. The molecule has 1 N–H and O–H groups in total. The highest BCUT2D eigenvalue weighted by Gasteiger charge is 2.29. The summed E-state index contributed by atoms with van der Waals surface area (Å²) >= 11 is 0. The lowest BCUT2D eigenvalue weighted by molar-refractivity contribution is 0.0839. The van der Waals surface area contributed by atoms with Crippen molar-refractivity contribution >= 4 is 12.2 Å². The Labute approximate surface area is 138 Å². The van der Waals surface area contributed by atoms with Gasteiger partial charge in [-0.15, -0.1) is 0 Å². The van der Waals surface area contributed by atoms with Crippen LogP contribution in [0.2, 0.25) is 0 Å². The largest absolute Gasteiger partial charge is 0.516 e. The predicted molar refractivity (Wildman–Crippen MR) is 97.8 cm³/mol. The van der Waals surface area contributed by atoms with Crippen LogP contribution in [-0.4, -0.2) is 10.7 Å². The summed E-state index contributed by atoms with van der Waals surface area (Å²) < 4.78 is 6.21. The van der Waals surface area contributed by atoms with Crippen molar-refractivity contribution in [2.75, 3.05) is 0 Å². The van der Waals surface area contributed by atoms with Crippen molar-refractivity contribution in [3.05, 3.63) is 78.1 Å². The fourth-order valence-corrected chi connectivity index (χ4v) is 2.45. The Morgan fingerprint density at radius 2 is 1.57 bits per heavy atom. The van der Waals surface area contributed by atoms with Gasteiger partial charge in [-0.2, -0.15) is 0 Å². The molecule has 2 heteroatoms. The summed E-state index contributed by atoms with van der Waals surface area (Å²) in [5.41, 5.74) is 2.91. The maximum absolute atomic E-state index is 8.82. The second-order valence-corrected chi connectivity index (χ2v) is 6.18. The molecule has 0 spiro atoms. The van der Waals surface area contributed by atoms with E-state index in [0.29, 0.717) is 0 Å². The van der Waals surface area contributed by atoms with Gasteiger partial charge >= 0.3 is 0 Å². The van der Waals surface area contributed by atoms with E-state index in [0.717, 1.165) is 23.1 Å². The van der Waals surface area contributed by atoms with Gasteiger partial charge in [0.05, 0.1) is 6.26 Å². The number of hydrogen-bond donors (Lipinski definition) is 1. The second-order valence-electron chi connectivity index (χ2n) is 6.18. The molecule has 120 valence electrons. The molecule has 1 atom stereocenters. The van der Waals surface area contributed by atoms with Crippen molar-refractivity contribution in [3.63, 3.8) is 0 Å². The van der Waals surface area contributed by atoms with Crippen molar-refractivity contribution in [1.82, 2.24) is 0 Å². The third-order valence-corrected chi connectivity index (χ3v) is 4.24. The van der Waals surface area contributed by atoms with Gasteiger partial charge in [0.1, 0.15) is 11.4 Å². The van der Waals surface area contributed by atoms with Crippen LogP contribution >= 0.6 is 0 Å². The summed E-state index contributed by atoms with van der Waals surface area (Å²) in [5, 5.41) is 8.82. The van der Waals surface area contributed by atoms with Crippen LogP contribution in [0, 0.1) is 0 Å². The van der Waals surface area contributed by atoms with Crippen LogP contribution in [0.5, 0.6) is 5.75 Å². The first-order valence-corrected chi connectivity index (χ1v) is 7.78. The Bertz CT molecular complexity index is 664. The van der Waals surface area contributed by atoms with Gasteiger partial charge < -0.3 is 9.84 Å². The molecule has 2 rings (SSSR count). The van der Waals surface area contributed by atoms with Crippen molar-refractivity contribution in [2.24, 2.45) is 0 Å². The molecule has 0 radical (unpaired) electrons. The van der Waals surface area contributed by atoms with E-state index in [1.54, 1.807) is 6.08 Å². The quantitative estimate of drug-likeness (QED) is 0.681. The molecule has 0 aliphatic rings. The molecule has 0 aromatic heterocycles. The zero-order chi connectivity index (χ0) is 16.9. The van der Waals surface area contributed by atoms with E-state index in [-0.39, 0.29) is 11.5 Å². The fourth-order valence-electron chi connectivity index (χ4n) is 2.45. The van der Waals surface area contributed by atoms with Gasteiger partial charge in [-0.05, 0) is 48.7 Å². The monoisotopic (exact) mass is 308 g/mol. The van der Waals surface area contributed by atoms with Crippen LogP contribution in [0.3, 0.4) is 0 Å². The lowest BCUT2D eigenvalue weighted by Gasteiger charge is -2.33. The first kappa shape index (κ1) is 16.9. The van der Waals surface area contributed by atoms with Gasteiger partial charge in [0.15, 0.2) is 0 Å². The summed E-state index contributed by atoms with van der Waals surface area (Å²) in [6.07, 6.45) is 4.54. The van der Waals surface area contributed by atoms with Crippen LogP contribution in [0.4, 0.5) is 0 Å². The number of aliphatic hydroxyl groups excluding tert-OH is 1. The smallest absolute Gasteiger partial charge is 0.120 e. The number of hydrogen-bond acceptors (Lipinski definition) is 2. The van der Waals surface area contributed by atoms with Gasteiger partial charge in [0.2, 0.25) is 0 Å². The minimum atomic E-state index is -0.343. The molecule has 0 amide bonds. The Morgan fingerprint density at radius 1 is 1.00 bits per heavy atom. The van der Waals surface area contributed by atoms with E-state index in [4.69, 9.17) is 9.84 Å². The first-order chi connectivity index (χ1) is 11.0. The molecule has 0 saturated heterocycles. The minimum Gasteiger partial charge on any atom is -0.516 e. The standard InChI is InChI=1S/C21H24O2/c1-5-17-8-12-20(13-9-17)23-21(3,4)16(2)19-10-6-18(7-11-19)14-15-22/h5-16,22H,1H2,2-4H3. The minimum absolute atomic E-state index is 0.216. The summed E-state index contributed by atoms with van der Waals surface area (Å²) in [5.74, 6) is 1.07.